The van der Waals surface area contributed by atoms with Crippen molar-refractivity contribution in [2.75, 3.05) is 13.2 Å². The van der Waals surface area contributed by atoms with E-state index in [1.54, 1.807) is 0 Å². The van der Waals surface area contributed by atoms with Crippen LogP contribution < -0.4 is 0 Å². The smallest absolute Gasteiger partial charge is 0.306 e. The largest absolute Gasteiger partial charge is 0.462 e. The molecule has 1 atom stereocenters. The minimum atomic E-state index is -0.806. The van der Waals surface area contributed by atoms with E-state index >= 15 is 0 Å². The molecule has 0 saturated carbocycles. The summed E-state index contributed by atoms with van der Waals surface area (Å²) < 4.78 is 16.7. The van der Waals surface area contributed by atoms with Crippen molar-refractivity contribution >= 4 is 17.9 Å². The van der Waals surface area contributed by atoms with Gasteiger partial charge in [-0.25, -0.2) is 0 Å². The molecule has 0 radical (unpaired) electrons. The highest BCUT2D eigenvalue weighted by molar-refractivity contribution is 5.71. The van der Waals surface area contributed by atoms with Gasteiger partial charge in [0.25, 0.3) is 0 Å². The van der Waals surface area contributed by atoms with Gasteiger partial charge in [0, 0.05) is 19.3 Å². The zero-order valence-corrected chi connectivity index (χ0v) is 38.8. The maximum absolute atomic E-state index is 12.8. The normalized spacial score (nSPS) is 12.5. The molecule has 1 unspecified atom stereocenters. The number of allylic oxidation sites excluding steroid dienone is 10. The van der Waals surface area contributed by atoms with Crippen molar-refractivity contribution in [2.45, 2.75) is 245 Å². The average molecular weight is 825 g/mol. The van der Waals surface area contributed by atoms with E-state index < -0.39 is 6.10 Å². The SMILES string of the molecule is CC/C=C/C/C=C/CCCCCCCCCC(=O)OCC(COC(=O)CC/C=C/C/C=C/CCCCCCCC)OC(=O)CCCCC/C=C/CCCCCCCCC. The Balaban J connectivity index is 4.47. The Morgan fingerprint density at radius 1 is 0.356 bits per heavy atom. The molecule has 340 valence electrons. The van der Waals surface area contributed by atoms with Gasteiger partial charge >= 0.3 is 17.9 Å². The topological polar surface area (TPSA) is 78.9 Å². The lowest BCUT2D eigenvalue weighted by molar-refractivity contribution is -0.166. The summed E-state index contributed by atoms with van der Waals surface area (Å²) in [5.74, 6) is -0.995. The van der Waals surface area contributed by atoms with Crippen molar-refractivity contribution in [2.24, 2.45) is 0 Å². The van der Waals surface area contributed by atoms with Crippen LogP contribution in [0.4, 0.5) is 0 Å². The second-order valence-corrected chi connectivity index (χ2v) is 16.3. The van der Waals surface area contributed by atoms with Crippen LogP contribution in [-0.4, -0.2) is 37.2 Å². The number of rotatable bonds is 44. The molecule has 0 N–H and O–H groups in total. The van der Waals surface area contributed by atoms with Crippen LogP contribution in [0, 0.1) is 0 Å². The predicted molar refractivity (Wildman–Crippen MR) is 251 cm³/mol. The van der Waals surface area contributed by atoms with Crippen LogP contribution in [0.25, 0.3) is 0 Å². The van der Waals surface area contributed by atoms with Gasteiger partial charge in [0.05, 0.1) is 0 Å². The second kappa shape index (κ2) is 47.8. The van der Waals surface area contributed by atoms with E-state index in [-0.39, 0.29) is 37.5 Å². The van der Waals surface area contributed by atoms with Crippen LogP contribution in [0.2, 0.25) is 0 Å². The first-order valence-corrected chi connectivity index (χ1v) is 24.8. The molecule has 0 rings (SSSR count). The number of hydrogen-bond donors (Lipinski definition) is 0. The Hall–Kier alpha value is -2.89. The maximum Gasteiger partial charge on any atom is 0.306 e. The molecule has 0 aliphatic rings. The van der Waals surface area contributed by atoms with Gasteiger partial charge in [0.15, 0.2) is 6.10 Å². The average Bonchev–Trinajstić information content (AvgIpc) is 3.23. The number of carbonyl (C=O) groups excluding carboxylic acids is 3. The van der Waals surface area contributed by atoms with Crippen LogP contribution in [0.1, 0.15) is 239 Å². The third-order valence-electron chi connectivity index (χ3n) is 10.5. The number of hydrogen-bond acceptors (Lipinski definition) is 6. The molecule has 0 aliphatic carbocycles. The molecule has 0 aliphatic heterocycles. The fraction of sp³-hybridized carbons (Fsp3) is 0.755. The highest BCUT2D eigenvalue weighted by Gasteiger charge is 2.19. The molecule has 0 heterocycles. The summed E-state index contributed by atoms with van der Waals surface area (Å²) in [6, 6.07) is 0. The minimum Gasteiger partial charge on any atom is -0.462 e. The minimum absolute atomic E-state index is 0.101. The van der Waals surface area contributed by atoms with Crippen molar-refractivity contribution in [3.63, 3.8) is 0 Å². The fourth-order valence-electron chi connectivity index (χ4n) is 6.76. The summed E-state index contributed by atoms with van der Waals surface area (Å²) in [5.41, 5.74) is 0. The molecule has 6 nitrogen and oxygen atoms in total. The molecule has 0 spiro atoms. The number of unbranched alkanes of at least 4 members (excludes halogenated alkanes) is 23. The van der Waals surface area contributed by atoms with Gasteiger partial charge in [-0.05, 0) is 89.9 Å². The Labute approximate surface area is 364 Å². The third kappa shape index (κ3) is 46.0. The van der Waals surface area contributed by atoms with E-state index in [4.69, 9.17) is 14.2 Å². The summed E-state index contributed by atoms with van der Waals surface area (Å²) in [5, 5.41) is 0. The summed E-state index contributed by atoms with van der Waals surface area (Å²) in [6.07, 6.45) is 57.9. The molecule has 0 fully saturated rings. The molecule has 0 aromatic rings. The van der Waals surface area contributed by atoms with Gasteiger partial charge in [-0.1, -0.05) is 191 Å². The van der Waals surface area contributed by atoms with Crippen molar-refractivity contribution in [3.05, 3.63) is 60.8 Å². The molecular formula is C53H92O6. The number of carbonyl (C=O) groups is 3. The van der Waals surface area contributed by atoms with Gasteiger partial charge in [0.1, 0.15) is 13.2 Å². The molecule has 0 bridgehead atoms. The van der Waals surface area contributed by atoms with Crippen molar-refractivity contribution in [1.29, 1.82) is 0 Å². The van der Waals surface area contributed by atoms with Crippen LogP contribution >= 0.6 is 0 Å². The fourth-order valence-corrected chi connectivity index (χ4v) is 6.76. The predicted octanol–water partition coefficient (Wildman–Crippen LogP) is 16.1. The second-order valence-electron chi connectivity index (χ2n) is 16.3. The lowest BCUT2D eigenvalue weighted by Gasteiger charge is -2.18. The van der Waals surface area contributed by atoms with Crippen LogP contribution in [-0.2, 0) is 28.6 Å². The first kappa shape index (κ1) is 56.1. The van der Waals surface area contributed by atoms with E-state index in [0.29, 0.717) is 19.3 Å². The first-order chi connectivity index (χ1) is 29.0. The van der Waals surface area contributed by atoms with Crippen molar-refractivity contribution in [3.8, 4) is 0 Å². The van der Waals surface area contributed by atoms with Gasteiger partial charge < -0.3 is 14.2 Å². The molecule has 0 saturated heterocycles. The Morgan fingerprint density at radius 2 is 0.695 bits per heavy atom. The standard InChI is InChI=1S/C53H92O6/c1-4-7-10-13-16-19-22-25-28-31-34-37-40-43-46-52(55)58-49-50(48-57-51(54)45-42-39-36-33-30-27-24-21-18-15-12-9-6-3)59-53(56)47-44-41-38-35-32-29-26-23-20-17-14-11-8-5-2/h7,10,16,19,27,29-30,32,36,39,50H,4-6,8-9,11-15,17-18,20-26,28,31,33-35,37-38,40-49H2,1-3H3/b10-7+,19-16+,30-27+,32-29+,39-36+. The number of ether oxygens (including phenoxy) is 3. The maximum atomic E-state index is 12.8. The summed E-state index contributed by atoms with van der Waals surface area (Å²) in [6.45, 7) is 6.44. The molecule has 59 heavy (non-hydrogen) atoms. The Kier molecular flexibility index (Phi) is 45.4. The van der Waals surface area contributed by atoms with Crippen LogP contribution in [0.5, 0.6) is 0 Å². The summed E-state index contributed by atoms with van der Waals surface area (Å²) in [4.78, 5) is 37.8. The Bertz CT molecular complexity index is 1090. The molecule has 0 aromatic carbocycles. The van der Waals surface area contributed by atoms with E-state index in [2.05, 4.69) is 75.5 Å². The zero-order valence-electron chi connectivity index (χ0n) is 38.8. The van der Waals surface area contributed by atoms with Crippen LogP contribution in [0.3, 0.4) is 0 Å². The van der Waals surface area contributed by atoms with E-state index in [1.165, 1.54) is 109 Å². The third-order valence-corrected chi connectivity index (χ3v) is 10.5. The zero-order chi connectivity index (χ0) is 43.0. The quantitative estimate of drug-likeness (QED) is 0.0263. The summed E-state index contributed by atoms with van der Waals surface area (Å²) in [7, 11) is 0. The molecule has 0 amide bonds. The lowest BCUT2D eigenvalue weighted by atomic mass is 10.1. The van der Waals surface area contributed by atoms with Crippen LogP contribution in [0.15, 0.2) is 60.8 Å². The highest BCUT2D eigenvalue weighted by Crippen LogP contribution is 2.13. The molecular weight excluding hydrogens is 733 g/mol. The Morgan fingerprint density at radius 3 is 1.15 bits per heavy atom. The molecule has 0 aromatic heterocycles. The van der Waals surface area contributed by atoms with E-state index in [9.17, 15) is 14.4 Å². The van der Waals surface area contributed by atoms with Gasteiger partial charge in [-0.2, -0.15) is 0 Å². The van der Waals surface area contributed by atoms with Gasteiger partial charge in [-0.15, -0.1) is 0 Å². The monoisotopic (exact) mass is 825 g/mol. The van der Waals surface area contributed by atoms with Crippen molar-refractivity contribution < 1.29 is 28.6 Å². The van der Waals surface area contributed by atoms with E-state index in [1.807, 2.05) is 6.08 Å². The first-order valence-electron chi connectivity index (χ1n) is 24.8. The van der Waals surface area contributed by atoms with Crippen molar-refractivity contribution in [1.82, 2.24) is 0 Å². The summed E-state index contributed by atoms with van der Waals surface area (Å²) >= 11 is 0. The number of esters is 3. The van der Waals surface area contributed by atoms with E-state index in [0.717, 1.165) is 83.5 Å². The molecule has 6 heteroatoms. The lowest BCUT2D eigenvalue weighted by Crippen LogP contribution is -2.30. The van der Waals surface area contributed by atoms with Gasteiger partial charge in [0.2, 0.25) is 0 Å². The van der Waals surface area contributed by atoms with Gasteiger partial charge in [-0.3, -0.25) is 14.4 Å². The highest BCUT2D eigenvalue weighted by atomic mass is 16.6.